The van der Waals surface area contributed by atoms with Crippen LogP contribution in [0.4, 0.5) is 0 Å². The SMILES string of the molecule is CCNC(=NCC1CCCN1Cc1ccccc1)N1CCN(CC(=O)NC(C)C)CC1. The summed E-state index contributed by atoms with van der Waals surface area (Å²) >= 11 is 0. The van der Waals surface area contributed by atoms with Crippen LogP contribution in [0.1, 0.15) is 39.2 Å². The minimum absolute atomic E-state index is 0.115. The summed E-state index contributed by atoms with van der Waals surface area (Å²) in [6.07, 6.45) is 2.47. The Balaban J connectivity index is 1.51. The standard InChI is InChI=1S/C24H40N6O/c1-4-25-24(29-15-13-28(14-16-29)19-23(31)27-20(2)3)26-17-22-11-8-12-30(22)18-21-9-6-5-7-10-21/h5-7,9-10,20,22H,4,8,11-19H2,1-3H3,(H,25,26)(H,27,31). The van der Waals surface area contributed by atoms with Gasteiger partial charge in [0.1, 0.15) is 0 Å². The van der Waals surface area contributed by atoms with Crippen molar-refractivity contribution >= 4 is 11.9 Å². The van der Waals surface area contributed by atoms with E-state index in [-0.39, 0.29) is 11.9 Å². The van der Waals surface area contributed by atoms with Crippen molar-refractivity contribution in [2.45, 2.75) is 52.2 Å². The van der Waals surface area contributed by atoms with Gasteiger partial charge in [-0.25, -0.2) is 0 Å². The highest BCUT2D eigenvalue weighted by Gasteiger charge is 2.26. The van der Waals surface area contributed by atoms with Gasteiger partial charge < -0.3 is 15.5 Å². The van der Waals surface area contributed by atoms with E-state index in [1.807, 2.05) is 13.8 Å². The molecule has 0 aromatic heterocycles. The summed E-state index contributed by atoms with van der Waals surface area (Å²) in [5.41, 5.74) is 1.38. The molecule has 0 aliphatic carbocycles. The highest BCUT2D eigenvalue weighted by Crippen LogP contribution is 2.20. The van der Waals surface area contributed by atoms with Crippen LogP contribution in [0.5, 0.6) is 0 Å². The average Bonchev–Trinajstić information content (AvgIpc) is 3.19. The molecule has 1 unspecified atom stereocenters. The van der Waals surface area contributed by atoms with E-state index in [1.165, 1.54) is 18.4 Å². The van der Waals surface area contributed by atoms with E-state index < -0.39 is 0 Å². The smallest absolute Gasteiger partial charge is 0.234 e. The Morgan fingerprint density at radius 3 is 2.55 bits per heavy atom. The number of piperazine rings is 1. The fraction of sp³-hybridized carbons (Fsp3) is 0.667. The highest BCUT2D eigenvalue weighted by atomic mass is 16.2. The number of guanidine groups is 1. The van der Waals surface area contributed by atoms with Gasteiger partial charge in [-0.15, -0.1) is 0 Å². The number of nitrogens with zero attached hydrogens (tertiary/aromatic N) is 4. The Morgan fingerprint density at radius 2 is 1.87 bits per heavy atom. The summed E-state index contributed by atoms with van der Waals surface area (Å²) in [6.45, 7) is 14.1. The molecular weight excluding hydrogens is 388 g/mol. The lowest BCUT2D eigenvalue weighted by Gasteiger charge is -2.36. The number of carbonyl (C=O) groups excluding carboxylic acids is 1. The minimum atomic E-state index is 0.115. The third kappa shape index (κ3) is 7.51. The van der Waals surface area contributed by atoms with Crippen molar-refractivity contribution in [3.8, 4) is 0 Å². The van der Waals surface area contributed by atoms with Crippen LogP contribution in [0.15, 0.2) is 35.3 Å². The number of rotatable bonds is 8. The van der Waals surface area contributed by atoms with Crippen molar-refractivity contribution in [2.75, 3.05) is 52.4 Å². The summed E-state index contributed by atoms with van der Waals surface area (Å²) in [5, 5.41) is 6.46. The lowest BCUT2D eigenvalue weighted by Crippen LogP contribution is -2.54. The molecular formula is C24H40N6O. The molecule has 7 nitrogen and oxygen atoms in total. The molecule has 2 fully saturated rings. The molecule has 0 radical (unpaired) electrons. The van der Waals surface area contributed by atoms with Gasteiger partial charge in [-0.05, 0) is 45.7 Å². The maximum Gasteiger partial charge on any atom is 0.234 e. The van der Waals surface area contributed by atoms with E-state index in [4.69, 9.17) is 4.99 Å². The Morgan fingerprint density at radius 1 is 1.13 bits per heavy atom. The summed E-state index contributed by atoms with van der Waals surface area (Å²) in [7, 11) is 0. The first kappa shape index (κ1) is 23.5. The van der Waals surface area contributed by atoms with Crippen LogP contribution in [-0.2, 0) is 11.3 Å². The molecule has 2 N–H and O–H groups in total. The zero-order valence-electron chi connectivity index (χ0n) is 19.5. The molecule has 1 amide bonds. The molecule has 0 bridgehead atoms. The Hall–Kier alpha value is -2.12. The quantitative estimate of drug-likeness (QED) is 0.488. The average molecular weight is 429 g/mol. The largest absolute Gasteiger partial charge is 0.357 e. The van der Waals surface area contributed by atoms with Gasteiger partial charge in [0.15, 0.2) is 5.96 Å². The van der Waals surface area contributed by atoms with Gasteiger partial charge in [-0.1, -0.05) is 30.3 Å². The summed E-state index contributed by atoms with van der Waals surface area (Å²) in [5.74, 6) is 1.13. The molecule has 172 valence electrons. The molecule has 0 spiro atoms. The second-order valence-corrected chi connectivity index (χ2v) is 8.93. The zero-order valence-corrected chi connectivity index (χ0v) is 19.5. The zero-order chi connectivity index (χ0) is 22.1. The van der Waals surface area contributed by atoms with E-state index in [9.17, 15) is 4.79 Å². The Kier molecular flexibility index (Phi) is 9.15. The van der Waals surface area contributed by atoms with Crippen molar-refractivity contribution in [3.05, 3.63) is 35.9 Å². The number of likely N-dealkylation sites (tertiary alicyclic amines) is 1. The fourth-order valence-corrected chi connectivity index (χ4v) is 4.43. The molecule has 2 heterocycles. The van der Waals surface area contributed by atoms with E-state index in [1.54, 1.807) is 0 Å². The van der Waals surface area contributed by atoms with E-state index in [0.717, 1.165) is 58.3 Å². The molecule has 1 aromatic carbocycles. The Bertz CT molecular complexity index is 699. The second-order valence-electron chi connectivity index (χ2n) is 8.93. The predicted octanol–water partition coefficient (Wildman–Crippen LogP) is 1.76. The first-order valence-electron chi connectivity index (χ1n) is 11.9. The normalized spacial score (nSPS) is 21.0. The number of nitrogens with one attached hydrogen (secondary N) is 2. The number of aliphatic imine (C=N–C) groups is 1. The van der Waals surface area contributed by atoms with Crippen molar-refractivity contribution in [2.24, 2.45) is 4.99 Å². The van der Waals surface area contributed by atoms with Crippen LogP contribution < -0.4 is 10.6 Å². The number of amides is 1. The maximum atomic E-state index is 12.0. The summed E-state index contributed by atoms with van der Waals surface area (Å²) in [4.78, 5) is 24.2. The second kappa shape index (κ2) is 12.1. The third-order valence-electron chi connectivity index (χ3n) is 6.00. The van der Waals surface area contributed by atoms with E-state index >= 15 is 0 Å². The van der Waals surface area contributed by atoms with Crippen molar-refractivity contribution in [3.63, 3.8) is 0 Å². The lowest BCUT2D eigenvalue weighted by atomic mass is 10.2. The van der Waals surface area contributed by atoms with Gasteiger partial charge in [-0.2, -0.15) is 0 Å². The van der Waals surface area contributed by atoms with Gasteiger partial charge in [0.05, 0.1) is 13.1 Å². The first-order valence-corrected chi connectivity index (χ1v) is 11.9. The molecule has 1 aromatic rings. The number of carbonyl (C=O) groups is 1. The predicted molar refractivity (Wildman–Crippen MR) is 127 cm³/mol. The number of hydrogen-bond donors (Lipinski definition) is 2. The van der Waals surface area contributed by atoms with Gasteiger partial charge >= 0.3 is 0 Å². The van der Waals surface area contributed by atoms with Crippen LogP contribution >= 0.6 is 0 Å². The Labute approximate surface area is 187 Å². The molecule has 0 saturated carbocycles. The topological polar surface area (TPSA) is 63.2 Å². The monoisotopic (exact) mass is 428 g/mol. The van der Waals surface area contributed by atoms with Crippen molar-refractivity contribution in [1.82, 2.24) is 25.3 Å². The van der Waals surface area contributed by atoms with Crippen LogP contribution in [0.2, 0.25) is 0 Å². The summed E-state index contributed by atoms with van der Waals surface area (Å²) < 4.78 is 0. The molecule has 2 saturated heterocycles. The molecule has 2 aliphatic rings. The number of benzene rings is 1. The van der Waals surface area contributed by atoms with Crippen LogP contribution in [0.25, 0.3) is 0 Å². The van der Waals surface area contributed by atoms with E-state index in [0.29, 0.717) is 12.6 Å². The molecule has 7 heteroatoms. The van der Waals surface area contributed by atoms with Gasteiger partial charge in [0.25, 0.3) is 0 Å². The lowest BCUT2D eigenvalue weighted by molar-refractivity contribution is -0.123. The molecule has 2 aliphatic heterocycles. The van der Waals surface area contributed by atoms with E-state index in [2.05, 4.69) is 62.6 Å². The number of hydrogen-bond acceptors (Lipinski definition) is 4. The van der Waals surface area contributed by atoms with Crippen molar-refractivity contribution in [1.29, 1.82) is 0 Å². The summed E-state index contributed by atoms with van der Waals surface area (Å²) in [6, 6.07) is 11.4. The first-order chi connectivity index (χ1) is 15.0. The van der Waals surface area contributed by atoms with Crippen LogP contribution in [-0.4, -0.2) is 91.0 Å². The maximum absolute atomic E-state index is 12.0. The molecule has 1 atom stereocenters. The van der Waals surface area contributed by atoms with Crippen molar-refractivity contribution < 1.29 is 4.79 Å². The minimum Gasteiger partial charge on any atom is -0.357 e. The van der Waals surface area contributed by atoms with Gasteiger partial charge in [0.2, 0.25) is 5.91 Å². The molecule has 3 rings (SSSR count). The van der Waals surface area contributed by atoms with Gasteiger partial charge in [-0.3, -0.25) is 19.6 Å². The van der Waals surface area contributed by atoms with Crippen LogP contribution in [0, 0.1) is 0 Å². The molecule has 31 heavy (non-hydrogen) atoms. The highest BCUT2D eigenvalue weighted by molar-refractivity contribution is 5.80. The third-order valence-corrected chi connectivity index (χ3v) is 6.00. The fourth-order valence-electron chi connectivity index (χ4n) is 4.43. The van der Waals surface area contributed by atoms with Gasteiger partial charge in [0, 0.05) is 51.4 Å². The van der Waals surface area contributed by atoms with Crippen LogP contribution in [0.3, 0.4) is 0 Å².